The van der Waals surface area contributed by atoms with Gasteiger partial charge in [0.15, 0.2) is 0 Å². The van der Waals surface area contributed by atoms with E-state index in [1.54, 1.807) is 12.4 Å². The Morgan fingerprint density at radius 2 is 2.21 bits per heavy atom. The van der Waals surface area contributed by atoms with E-state index in [9.17, 15) is 4.79 Å². The first-order valence-corrected chi connectivity index (χ1v) is 8.26. The van der Waals surface area contributed by atoms with Crippen molar-refractivity contribution in [3.8, 4) is 0 Å². The lowest BCUT2D eigenvalue weighted by atomic mass is 9.97. The number of carbonyl (C=O) groups is 1. The van der Waals surface area contributed by atoms with E-state index < -0.39 is 0 Å². The number of rotatable bonds is 6. The zero-order chi connectivity index (χ0) is 16.8. The average molecular weight is 325 g/mol. The number of pyridine rings is 1. The SMILES string of the molecule is CN(CC(=O)NCc1cccnc1)C[C@@H]1OCCc2ccccc21. The molecule has 1 amide bonds. The largest absolute Gasteiger partial charge is 0.372 e. The van der Waals surface area contributed by atoms with Crippen LogP contribution < -0.4 is 5.32 Å². The first-order valence-electron chi connectivity index (χ1n) is 8.26. The Hall–Kier alpha value is -2.24. The minimum Gasteiger partial charge on any atom is -0.372 e. The third kappa shape index (κ3) is 4.40. The van der Waals surface area contributed by atoms with Crippen LogP contribution in [0.15, 0.2) is 48.8 Å². The van der Waals surface area contributed by atoms with E-state index in [2.05, 4.69) is 28.5 Å². The maximum Gasteiger partial charge on any atom is 0.234 e. The first kappa shape index (κ1) is 16.6. The first-order chi connectivity index (χ1) is 11.7. The zero-order valence-electron chi connectivity index (χ0n) is 13.9. The monoisotopic (exact) mass is 325 g/mol. The Kier molecular flexibility index (Phi) is 5.56. The maximum atomic E-state index is 12.1. The molecule has 24 heavy (non-hydrogen) atoms. The Labute approximate surface area is 142 Å². The molecule has 1 aromatic heterocycles. The molecule has 0 saturated carbocycles. The van der Waals surface area contributed by atoms with Gasteiger partial charge < -0.3 is 10.1 Å². The molecule has 0 unspecified atom stereocenters. The highest BCUT2D eigenvalue weighted by atomic mass is 16.5. The fourth-order valence-corrected chi connectivity index (χ4v) is 2.98. The molecule has 0 radical (unpaired) electrons. The summed E-state index contributed by atoms with van der Waals surface area (Å²) < 4.78 is 5.90. The van der Waals surface area contributed by atoms with Crippen molar-refractivity contribution in [1.82, 2.24) is 15.2 Å². The predicted octanol–water partition coefficient (Wildman–Crippen LogP) is 1.94. The van der Waals surface area contributed by atoms with Crippen LogP contribution in [0.5, 0.6) is 0 Å². The van der Waals surface area contributed by atoms with E-state index in [1.807, 2.05) is 30.1 Å². The number of hydrogen-bond donors (Lipinski definition) is 1. The summed E-state index contributed by atoms with van der Waals surface area (Å²) >= 11 is 0. The van der Waals surface area contributed by atoms with Crippen LogP contribution in [0.25, 0.3) is 0 Å². The molecule has 1 aromatic carbocycles. The quantitative estimate of drug-likeness (QED) is 0.882. The Bertz CT molecular complexity index is 675. The van der Waals surface area contributed by atoms with Crippen molar-refractivity contribution < 1.29 is 9.53 Å². The van der Waals surface area contributed by atoms with Gasteiger partial charge in [-0.15, -0.1) is 0 Å². The molecule has 1 aliphatic heterocycles. The van der Waals surface area contributed by atoms with Crippen LogP contribution >= 0.6 is 0 Å². The summed E-state index contributed by atoms with van der Waals surface area (Å²) in [6, 6.07) is 12.2. The minimum atomic E-state index is 0.00504. The van der Waals surface area contributed by atoms with Crippen molar-refractivity contribution in [2.24, 2.45) is 0 Å². The lowest BCUT2D eigenvalue weighted by molar-refractivity contribution is -0.122. The summed E-state index contributed by atoms with van der Waals surface area (Å²) in [6.07, 6.45) is 4.48. The van der Waals surface area contributed by atoms with E-state index in [4.69, 9.17) is 4.74 Å². The molecule has 5 heteroatoms. The van der Waals surface area contributed by atoms with Crippen molar-refractivity contribution in [2.75, 3.05) is 26.7 Å². The Morgan fingerprint density at radius 1 is 1.33 bits per heavy atom. The van der Waals surface area contributed by atoms with Crippen molar-refractivity contribution in [3.63, 3.8) is 0 Å². The molecule has 1 aliphatic rings. The smallest absolute Gasteiger partial charge is 0.234 e. The summed E-state index contributed by atoms with van der Waals surface area (Å²) in [6.45, 7) is 2.30. The van der Waals surface area contributed by atoms with Gasteiger partial charge in [0.05, 0.1) is 19.3 Å². The van der Waals surface area contributed by atoms with Crippen molar-refractivity contribution in [3.05, 3.63) is 65.5 Å². The van der Waals surface area contributed by atoms with Crippen LogP contribution in [0.4, 0.5) is 0 Å². The summed E-state index contributed by atoms with van der Waals surface area (Å²) in [5.74, 6) is 0.00504. The van der Waals surface area contributed by atoms with E-state index >= 15 is 0 Å². The number of nitrogens with one attached hydrogen (secondary N) is 1. The molecule has 5 nitrogen and oxygen atoms in total. The van der Waals surface area contributed by atoms with Crippen LogP contribution in [0.2, 0.25) is 0 Å². The third-order valence-electron chi connectivity index (χ3n) is 4.20. The number of aromatic nitrogens is 1. The van der Waals surface area contributed by atoms with Crippen LogP contribution in [-0.4, -0.2) is 42.5 Å². The van der Waals surface area contributed by atoms with Gasteiger partial charge in [-0.1, -0.05) is 30.3 Å². The van der Waals surface area contributed by atoms with Gasteiger partial charge in [-0.05, 0) is 36.2 Å². The highest BCUT2D eigenvalue weighted by molar-refractivity contribution is 5.77. The topological polar surface area (TPSA) is 54.5 Å². The molecule has 0 aliphatic carbocycles. The van der Waals surface area contributed by atoms with Gasteiger partial charge >= 0.3 is 0 Å². The molecule has 0 saturated heterocycles. The van der Waals surface area contributed by atoms with Gasteiger partial charge in [-0.2, -0.15) is 0 Å². The van der Waals surface area contributed by atoms with Crippen LogP contribution in [0, 0.1) is 0 Å². The summed E-state index contributed by atoms with van der Waals surface area (Å²) in [5, 5.41) is 2.92. The van der Waals surface area contributed by atoms with Gasteiger partial charge in [0.25, 0.3) is 0 Å². The minimum absolute atomic E-state index is 0.00504. The lowest BCUT2D eigenvalue weighted by Gasteiger charge is -2.29. The number of nitrogens with zero attached hydrogens (tertiary/aromatic N) is 2. The molecule has 0 bridgehead atoms. The second-order valence-electron chi connectivity index (χ2n) is 6.14. The summed E-state index contributed by atoms with van der Waals surface area (Å²) in [4.78, 5) is 18.1. The fraction of sp³-hybridized carbons (Fsp3) is 0.368. The fourth-order valence-electron chi connectivity index (χ4n) is 2.98. The average Bonchev–Trinajstić information content (AvgIpc) is 2.61. The summed E-state index contributed by atoms with van der Waals surface area (Å²) in [5.41, 5.74) is 3.59. The molecule has 126 valence electrons. The second-order valence-corrected chi connectivity index (χ2v) is 6.14. The molecule has 0 spiro atoms. The van der Waals surface area contributed by atoms with Crippen molar-refractivity contribution in [2.45, 2.75) is 19.1 Å². The van der Waals surface area contributed by atoms with Gasteiger partial charge in [-0.3, -0.25) is 14.7 Å². The Balaban J connectivity index is 1.49. The number of amides is 1. The van der Waals surface area contributed by atoms with E-state index in [-0.39, 0.29) is 12.0 Å². The zero-order valence-corrected chi connectivity index (χ0v) is 13.9. The molecule has 1 atom stereocenters. The number of benzene rings is 1. The van der Waals surface area contributed by atoms with Gasteiger partial charge in [0.1, 0.15) is 0 Å². The predicted molar refractivity (Wildman–Crippen MR) is 92.4 cm³/mol. The van der Waals surface area contributed by atoms with E-state index in [1.165, 1.54) is 11.1 Å². The standard InChI is InChI=1S/C19H23N3O2/c1-22(14-19(23)21-12-15-5-4-9-20-11-15)13-18-17-7-3-2-6-16(17)8-10-24-18/h2-7,9,11,18H,8,10,12-14H2,1H3,(H,21,23)/t18-/m0/s1. The second kappa shape index (κ2) is 8.04. The number of carbonyl (C=O) groups excluding carboxylic acids is 1. The molecular formula is C19H23N3O2. The number of fused-ring (bicyclic) bond motifs is 1. The Morgan fingerprint density at radius 3 is 3.04 bits per heavy atom. The molecule has 1 N–H and O–H groups in total. The number of ether oxygens (including phenoxy) is 1. The lowest BCUT2D eigenvalue weighted by Crippen LogP contribution is -2.37. The maximum absolute atomic E-state index is 12.1. The van der Waals surface area contributed by atoms with Crippen LogP contribution in [-0.2, 0) is 22.5 Å². The van der Waals surface area contributed by atoms with Crippen molar-refractivity contribution >= 4 is 5.91 Å². The molecular weight excluding hydrogens is 302 g/mol. The molecule has 2 aromatic rings. The van der Waals surface area contributed by atoms with Crippen LogP contribution in [0.3, 0.4) is 0 Å². The molecule has 2 heterocycles. The molecule has 3 rings (SSSR count). The highest BCUT2D eigenvalue weighted by Gasteiger charge is 2.22. The highest BCUT2D eigenvalue weighted by Crippen LogP contribution is 2.27. The van der Waals surface area contributed by atoms with Gasteiger partial charge in [0, 0.05) is 25.5 Å². The molecule has 0 fully saturated rings. The summed E-state index contributed by atoms with van der Waals surface area (Å²) in [7, 11) is 1.95. The number of likely N-dealkylation sites (N-methyl/N-ethyl adjacent to an activating group) is 1. The van der Waals surface area contributed by atoms with Gasteiger partial charge in [-0.25, -0.2) is 0 Å². The number of hydrogen-bond acceptors (Lipinski definition) is 4. The van der Waals surface area contributed by atoms with E-state index in [0.717, 1.165) is 18.6 Å². The van der Waals surface area contributed by atoms with Crippen molar-refractivity contribution in [1.29, 1.82) is 0 Å². The van der Waals surface area contributed by atoms with Gasteiger partial charge in [0.2, 0.25) is 5.91 Å². The van der Waals surface area contributed by atoms with Crippen LogP contribution in [0.1, 0.15) is 22.8 Å². The third-order valence-corrected chi connectivity index (χ3v) is 4.20. The normalized spacial score (nSPS) is 16.7. The van der Waals surface area contributed by atoms with E-state index in [0.29, 0.717) is 19.6 Å².